The maximum absolute atomic E-state index is 11.9. The molecule has 4 N–H and O–H groups in total. The lowest BCUT2D eigenvalue weighted by Crippen LogP contribution is -2.41. The summed E-state index contributed by atoms with van der Waals surface area (Å²) in [7, 11) is -4.00. The van der Waals surface area contributed by atoms with Crippen LogP contribution >= 0.6 is 0 Å². The minimum absolute atomic E-state index is 0.152. The van der Waals surface area contributed by atoms with Crippen LogP contribution in [0.25, 0.3) is 0 Å². The molecule has 1 heterocycles. The lowest BCUT2D eigenvalue weighted by Gasteiger charge is -2.13. The number of carbonyl (C=O) groups excluding carboxylic acids is 1. The van der Waals surface area contributed by atoms with Crippen molar-refractivity contribution in [3.05, 3.63) is 24.5 Å². The lowest BCUT2D eigenvalue weighted by molar-refractivity contribution is -0.139. The number of hydrogen-bond acceptors (Lipinski definition) is 5. The van der Waals surface area contributed by atoms with Crippen LogP contribution in [0.3, 0.4) is 0 Å². The molecule has 1 aromatic rings. The molecule has 0 fully saturated rings. The van der Waals surface area contributed by atoms with Gasteiger partial charge in [0.25, 0.3) is 0 Å². The molecule has 0 spiro atoms. The number of carbonyl (C=O) groups is 2. The number of aliphatic carboxylic acids is 1. The van der Waals surface area contributed by atoms with Gasteiger partial charge in [0.1, 0.15) is 10.9 Å². The highest BCUT2D eigenvalue weighted by molar-refractivity contribution is 7.89. The Kier molecular flexibility index (Phi) is 4.95. The first-order valence-corrected chi connectivity index (χ1v) is 6.74. The number of nitrogens with zero attached hydrogens (tertiary/aromatic N) is 1. The van der Waals surface area contributed by atoms with Gasteiger partial charge in [-0.05, 0) is 18.6 Å². The van der Waals surface area contributed by atoms with Gasteiger partial charge < -0.3 is 10.8 Å². The second-order valence-electron chi connectivity index (χ2n) is 3.71. The first-order chi connectivity index (χ1) is 8.83. The highest BCUT2D eigenvalue weighted by atomic mass is 32.2. The van der Waals surface area contributed by atoms with Gasteiger partial charge in [-0.1, -0.05) is 0 Å². The summed E-state index contributed by atoms with van der Waals surface area (Å²) >= 11 is 0. The highest BCUT2D eigenvalue weighted by Gasteiger charge is 2.25. The smallest absolute Gasteiger partial charge is 0.321 e. The fourth-order valence-electron chi connectivity index (χ4n) is 1.28. The molecule has 0 bridgehead atoms. The maximum atomic E-state index is 11.9. The Labute approximate surface area is 109 Å². The van der Waals surface area contributed by atoms with Gasteiger partial charge >= 0.3 is 5.97 Å². The number of aromatic nitrogens is 1. The summed E-state index contributed by atoms with van der Waals surface area (Å²) in [5, 5.41) is 8.90. The Bertz CT molecular complexity index is 558. The number of sulfonamides is 1. The van der Waals surface area contributed by atoms with Crippen molar-refractivity contribution in [2.45, 2.75) is 23.8 Å². The SMILES string of the molecule is NC(=O)CC[C@H](NS(=O)(=O)c1cccnc1)C(=O)O. The third-order valence-corrected chi connectivity index (χ3v) is 3.68. The van der Waals surface area contributed by atoms with E-state index in [-0.39, 0.29) is 17.7 Å². The van der Waals surface area contributed by atoms with Gasteiger partial charge in [0.05, 0.1) is 0 Å². The van der Waals surface area contributed by atoms with E-state index in [0.717, 1.165) is 6.20 Å². The zero-order valence-corrected chi connectivity index (χ0v) is 10.6. The van der Waals surface area contributed by atoms with Crippen molar-refractivity contribution in [3.63, 3.8) is 0 Å². The molecule has 1 amide bonds. The monoisotopic (exact) mass is 287 g/mol. The fraction of sp³-hybridized carbons (Fsp3) is 0.300. The minimum Gasteiger partial charge on any atom is -0.480 e. The number of hydrogen-bond donors (Lipinski definition) is 3. The van der Waals surface area contributed by atoms with Crippen molar-refractivity contribution in [1.82, 2.24) is 9.71 Å². The van der Waals surface area contributed by atoms with Gasteiger partial charge in [-0.2, -0.15) is 4.72 Å². The summed E-state index contributed by atoms with van der Waals surface area (Å²) in [5.74, 6) is -2.08. The van der Waals surface area contributed by atoms with E-state index >= 15 is 0 Å². The Balaban J connectivity index is 2.84. The van der Waals surface area contributed by atoms with Crippen molar-refractivity contribution in [1.29, 1.82) is 0 Å². The largest absolute Gasteiger partial charge is 0.480 e. The molecule has 1 atom stereocenters. The Hall–Kier alpha value is -2.00. The van der Waals surface area contributed by atoms with Crippen molar-refractivity contribution < 1.29 is 23.1 Å². The van der Waals surface area contributed by atoms with Crippen LogP contribution < -0.4 is 10.5 Å². The molecule has 0 unspecified atom stereocenters. The molecule has 1 aromatic heterocycles. The first kappa shape index (κ1) is 15.1. The summed E-state index contributed by atoms with van der Waals surface area (Å²) in [6.07, 6.45) is 2.03. The van der Waals surface area contributed by atoms with Gasteiger partial charge in [-0.3, -0.25) is 14.6 Å². The summed E-state index contributed by atoms with van der Waals surface area (Å²) in [6, 6.07) is 1.27. The Morgan fingerprint density at radius 2 is 2.16 bits per heavy atom. The van der Waals surface area contributed by atoms with Crippen LogP contribution in [0, 0.1) is 0 Å². The summed E-state index contributed by atoms with van der Waals surface area (Å²) < 4.78 is 25.7. The molecule has 19 heavy (non-hydrogen) atoms. The highest BCUT2D eigenvalue weighted by Crippen LogP contribution is 2.08. The Morgan fingerprint density at radius 3 is 2.63 bits per heavy atom. The molecular weight excluding hydrogens is 274 g/mol. The van der Waals surface area contributed by atoms with Crippen LogP contribution in [0.1, 0.15) is 12.8 Å². The fourth-order valence-corrected chi connectivity index (χ4v) is 2.47. The topological polar surface area (TPSA) is 139 Å². The molecule has 0 aliphatic rings. The number of amides is 1. The van der Waals surface area contributed by atoms with Gasteiger partial charge in [0, 0.05) is 18.8 Å². The van der Waals surface area contributed by atoms with Gasteiger partial charge in [0.2, 0.25) is 15.9 Å². The van der Waals surface area contributed by atoms with Crippen molar-refractivity contribution in [2.75, 3.05) is 0 Å². The molecule has 1 rings (SSSR count). The second-order valence-corrected chi connectivity index (χ2v) is 5.42. The first-order valence-electron chi connectivity index (χ1n) is 5.26. The van der Waals surface area contributed by atoms with Crippen molar-refractivity contribution in [2.24, 2.45) is 5.73 Å². The summed E-state index contributed by atoms with van der Waals surface area (Å²) in [4.78, 5) is 25.0. The molecule has 9 heteroatoms. The van der Waals surface area contributed by atoms with E-state index in [9.17, 15) is 18.0 Å². The third kappa shape index (κ3) is 4.64. The Morgan fingerprint density at radius 1 is 1.47 bits per heavy atom. The molecule has 0 aliphatic heterocycles. The number of nitrogens with one attached hydrogen (secondary N) is 1. The van der Waals surface area contributed by atoms with Gasteiger partial charge in [-0.15, -0.1) is 0 Å². The molecule has 0 saturated heterocycles. The number of pyridine rings is 1. The molecular formula is C10H13N3O5S. The van der Waals surface area contributed by atoms with Crippen LogP contribution in [-0.2, 0) is 19.6 Å². The molecule has 0 radical (unpaired) electrons. The van der Waals surface area contributed by atoms with Crippen LogP contribution in [-0.4, -0.2) is 36.4 Å². The zero-order valence-electron chi connectivity index (χ0n) is 9.81. The number of primary amides is 1. The maximum Gasteiger partial charge on any atom is 0.321 e. The summed E-state index contributed by atoms with van der Waals surface area (Å²) in [6.45, 7) is 0. The van der Waals surface area contributed by atoms with Crippen LogP contribution in [0.5, 0.6) is 0 Å². The summed E-state index contributed by atoms with van der Waals surface area (Å²) in [5.41, 5.74) is 4.90. The van der Waals surface area contributed by atoms with Crippen LogP contribution in [0.4, 0.5) is 0 Å². The average Bonchev–Trinajstić information content (AvgIpc) is 2.35. The quantitative estimate of drug-likeness (QED) is 0.592. The zero-order chi connectivity index (χ0) is 14.5. The van der Waals surface area contributed by atoms with Gasteiger partial charge in [0.15, 0.2) is 0 Å². The molecule has 0 aromatic carbocycles. The lowest BCUT2D eigenvalue weighted by atomic mass is 10.2. The number of carboxylic acid groups (broad SMARTS) is 1. The minimum atomic E-state index is -4.00. The van der Waals surface area contributed by atoms with Crippen LogP contribution in [0.2, 0.25) is 0 Å². The van der Waals surface area contributed by atoms with E-state index in [0.29, 0.717) is 0 Å². The van der Waals surface area contributed by atoms with E-state index in [1.165, 1.54) is 18.3 Å². The number of rotatable bonds is 7. The predicted octanol–water partition coefficient (Wildman–Crippen LogP) is -0.921. The average molecular weight is 287 g/mol. The van der Waals surface area contributed by atoms with E-state index in [2.05, 4.69) is 4.98 Å². The third-order valence-electron chi connectivity index (χ3n) is 2.22. The predicted molar refractivity (Wildman–Crippen MR) is 64.4 cm³/mol. The van der Waals surface area contributed by atoms with E-state index in [4.69, 9.17) is 10.8 Å². The van der Waals surface area contributed by atoms with Crippen molar-refractivity contribution in [3.8, 4) is 0 Å². The number of nitrogens with two attached hydrogens (primary N) is 1. The molecule has 104 valence electrons. The second kappa shape index (κ2) is 6.25. The number of carboxylic acids is 1. The van der Waals surface area contributed by atoms with E-state index in [1.54, 1.807) is 0 Å². The van der Waals surface area contributed by atoms with Crippen molar-refractivity contribution >= 4 is 21.9 Å². The normalized spacial score (nSPS) is 12.8. The molecule has 0 saturated carbocycles. The van der Waals surface area contributed by atoms with E-state index in [1.807, 2.05) is 4.72 Å². The van der Waals surface area contributed by atoms with E-state index < -0.39 is 27.9 Å². The van der Waals surface area contributed by atoms with Gasteiger partial charge in [-0.25, -0.2) is 8.42 Å². The van der Waals surface area contributed by atoms with Crippen LogP contribution in [0.15, 0.2) is 29.4 Å². The standard InChI is InChI=1S/C10H13N3O5S/c11-9(14)4-3-8(10(15)16)13-19(17,18)7-2-1-5-12-6-7/h1-2,5-6,8,13H,3-4H2,(H2,11,14)(H,15,16)/t8-/m0/s1. The molecule has 0 aliphatic carbocycles. The molecule has 8 nitrogen and oxygen atoms in total.